The highest BCUT2D eigenvalue weighted by molar-refractivity contribution is 5.96. The number of hydrogen-bond donors (Lipinski definition) is 8. The highest BCUT2D eigenvalue weighted by atomic mass is 16.4. The van der Waals surface area contributed by atoms with Gasteiger partial charge < -0.3 is 48.1 Å². The van der Waals surface area contributed by atoms with E-state index in [1.165, 1.54) is 17.4 Å². The lowest BCUT2D eigenvalue weighted by atomic mass is 10.0. The number of nitrogens with one attached hydrogen (secondary N) is 4. The van der Waals surface area contributed by atoms with Crippen LogP contribution in [0.1, 0.15) is 64.5 Å². The molecule has 2 heterocycles. The fourth-order valence-electron chi connectivity index (χ4n) is 4.91. The lowest BCUT2D eigenvalue weighted by Gasteiger charge is -2.29. The Morgan fingerprint density at radius 3 is 2.33 bits per heavy atom. The molecule has 5 atom stereocenters. The number of likely N-dealkylation sites (tertiary alicyclic amines) is 1. The largest absolute Gasteiger partial charge is 0.480 e. The van der Waals surface area contributed by atoms with Gasteiger partial charge in [0.15, 0.2) is 0 Å². The van der Waals surface area contributed by atoms with E-state index in [2.05, 4.69) is 25.9 Å². The molecule has 2 rings (SSSR count). The van der Waals surface area contributed by atoms with Gasteiger partial charge in [0, 0.05) is 24.9 Å². The van der Waals surface area contributed by atoms with Gasteiger partial charge in [0.1, 0.15) is 24.2 Å². The number of primary amides is 1. The van der Waals surface area contributed by atoms with E-state index in [1.807, 2.05) is 13.8 Å². The molecule has 0 spiro atoms. The molecule has 0 aliphatic carbocycles. The summed E-state index contributed by atoms with van der Waals surface area (Å²) < 4.78 is 0. The molecule has 5 unspecified atom stereocenters. The third-order valence-electron chi connectivity index (χ3n) is 7.09. The summed E-state index contributed by atoms with van der Waals surface area (Å²) >= 11 is 0. The van der Waals surface area contributed by atoms with E-state index < -0.39 is 65.7 Å². The summed E-state index contributed by atoms with van der Waals surface area (Å²) in [6, 6.07) is -5.54. The second kappa shape index (κ2) is 17.2. The maximum Gasteiger partial charge on any atom is 0.326 e. The molecule has 0 radical (unpaired) electrons. The number of aromatic nitrogens is 2. The van der Waals surface area contributed by atoms with Gasteiger partial charge in [0.25, 0.3) is 0 Å². The minimum absolute atomic E-state index is 0.00765. The van der Waals surface area contributed by atoms with Crippen molar-refractivity contribution >= 4 is 35.5 Å². The van der Waals surface area contributed by atoms with Crippen molar-refractivity contribution in [3.8, 4) is 0 Å². The summed E-state index contributed by atoms with van der Waals surface area (Å²) in [5.41, 5.74) is 17.0. The maximum absolute atomic E-state index is 13.6. The number of unbranched alkanes of at least 4 members (excludes halogenated alkanes) is 1. The van der Waals surface area contributed by atoms with Gasteiger partial charge in [-0.15, -0.1) is 0 Å². The Balaban J connectivity index is 2.21. The van der Waals surface area contributed by atoms with Crippen LogP contribution in [-0.4, -0.2) is 98.8 Å². The van der Waals surface area contributed by atoms with Gasteiger partial charge >= 0.3 is 5.97 Å². The second-order valence-corrected chi connectivity index (χ2v) is 11.2. The fourth-order valence-corrected chi connectivity index (χ4v) is 4.91. The van der Waals surface area contributed by atoms with Crippen LogP contribution in [0.25, 0.3) is 0 Å². The van der Waals surface area contributed by atoms with Crippen LogP contribution in [0.15, 0.2) is 12.5 Å². The molecule has 1 aliphatic heterocycles. The maximum atomic E-state index is 13.6. The van der Waals surface area contributed by atoms with E-state index in [-0.39, 0.29) is 38.1 Å². The SMILES string of the molecule is CC(C)CC(NC(=O)C(Cc1cnc[nH]1)NC(=O)C1CCCN1C(=O)C(N)CC(N)=O)C(=O)NC(CCCCN)C(=O)O. The minimum atomic E-state index is -1.20. The van der Waals surface area contributed by atoms with E-state index in [9.17, 15) is 33.9 Å². The molecule has 1 saturated heterocycles. The number of H-pyrrole nitrogens is 1. The van der Waals surface area contributed by atoms with Crippen molar-refractivity contribution in [2.24, 2.45) is 23.1 Å². The summed E-state index contributed by atoms with van der Waals surface area (Å²) in [7, 11) is 0. The van der Waals surface area contributed by atoms with Gasteiger partial charge in [-0.2, -0.15) is 0 Å². The van der Waals surface area contributed by atoms with Crippen LogP contribution in [0.2, 0.25) is 0 Å². The van der Waals surface area contributed by atoms with Crippen molar-refractivity contribution in [2.45, 2.75) is 95.4 Å². The Hall–Kier alpha value is -4.05. The number of amides is 5. The molecule has 5 amide bonds. The third-order valence-corrected chi connectivity index (χ3v) is 7.09. The van der Waals surface area contributed by atoms with Crippen LogP contribution in [0.5, 0.6) is 0 Å². The number of nitrogens with zero attached hydrogens (tertiary/aromatic N) is 2. The van der Waals surface area contributed by atoms with Crippen molar-refractivity contribution in [2.75, 3.05) is 13.1 Å². The van der Waals surface area contributed by atoms with E-state index in [0.29, 0.717) is 37.9 Å². The Morgan fingerprint density at radius 2 is 1.74 bits per heavy atom. The number of carboxylic acids is 1. The van der Waals surface area contributed by atoms with Gasteiger partial charge in [-0.3, -0.25) is 24.0 Å². The first-order valence-corrected chi connectivity index (χ1v) is 14.5. The smallest absolute Gasteiger partial charge is 0.326 e. The molecule has 0 bridgehead atoms. The molecule has 43 heavy (non-hydrogen) atoms. The molecule has 16 nitrogen and oxygen atoms in total. The van der Waals surface area contributed by atoms with Crippen molar-refractivity contribution in [3.63, 3.8) is 0 Å². The quantitative estimate of drug-likeness (QED) is 0.0839. The normalized spacial score (nSPS) is 17.5. The van der Waals surface area contributed by atoms with Crippen LogP contribution in [0.3, 0.4) is 0 Å². The first-order chi connectivity index (χ1) is 20.3. The van der Waals surface area contributed by atoms with Gasteiger partial charge in [-0.1, -0.05) is 13.8 Å². The second-order valence-electron chi connectivity index (χ2n) is 11.2. The van der Waals surface area contributed by atoms with Crippen molar-refractivity contribution in [3.05, 3.63) is 18.2 Å². The zero-order valence-corrected chi connectivity index (χ0v) is 24.7. The number of nitrogens with two attached hydrogens (primary N) is 3. The number of aliphatic carboxylic acids is 1. The molecular weight excluding hydrogens is 562 g/mol. The van der Waals surface area contributed by atoms with E-state index in [4.69, 9.17) is 17.2 Å². The highest BCUT2D eigenvalue weighted by Gasteiger charge is 2.38. The summed E-state index contributed by atoms with van der Waals surface area (Å²) in [5.74, 6) is -4.53. The number of aromatic amines is 1. The first kappa shape index (κ1) is 35.1. The Morgan fingerprint density at radius 1 is 1.07 bits per heavy atom. The molecule has 1 fully saturated rings. The molecule has 11 N–H and O–H groups in total. The molecule has 1 aliphatic rings. The minimum Gasteiger partial charge on any atom is -0.480 e. The Labute approximate surface area is 250 Å². The van der Waals surface area contributed by atoms with Crippen LogP contribution in [0, 0.1) is 5.92 Å². The van der Waals surface area contributed by atoms with E-state index in [0.717, 1.165) is 0 Å². The van der Waals surface area contributed by atoms with E-state index >= 15 is 0 Å². The molecule has 1 aromatic rings. The third kappa shape index (κ3) is 11.3. The summed E-state index contributed by atoms with van der Waals surface area (Å²) in [6.45, 7) is 4.33. The van der Waals surface area contributed by atoms with Gasteiger partial charge in [-0.25, -0.2) is 9.78 Å². The van der Waals surface area contributed by atoms with Crippen LogP contribution >= 0.6 is 0 Å². The Bertz CT molecular complexity index is 1110. The van der Waals surface area contributed by atoms with Crippen LogP contribution < -0.4 is 33.2 Å². The molecular formula is C27H45N9O7. The Kier molecular flexibility index (Phi) is 14.0. The lowest BCUT2D eigenvalue weighted by Crippen LogP contribution is -2.59. The van der Waals surface area contributed by atoms with Gasteiger partial charge in [-0.05, 0) is 51.0 Å². The number of imidazole rings is 1. The standard InChI is InChI=1S/C27H45N9O7/c1-15(2)10-19(23(38)33-18(27(42)43)6-3-4-8-28)34-24(39)20(11-16-13-31-14-32-16)35-25(40)21-7-5-9-36(21)26(41)17(29)12-22(30)37/h13-15,17-21H,3-12,28-29H2,1-2H3,(H2,30,37)(H,31,32)(H,33,38)(H,34,39)(H,35,40)(H,42,43). The van der Waals surface area contributed by atoms with Crippen LogP contribution in [0.4, 0.5) is 0 Å². The number of carboxylic acid groups (broad SMARTS) is 1. The van der Waals surface area contributed by atoms with Crippen molar-refractivity contribution in [1.82, 2.24) is 30.8 Å². The van der Waals surface area contributed by atoms with Crippen LogP contribution in [-0.2, 0) is 35.2 Å². The average Bonchev–Trinajstić information content (AvgIpc) is 3.63. The molecule has 240 valence electrons. The highest BCUT2D eigenvalue weighted by Crippen LogP contribution is 2.19. The summed E-state index contributed by atoms with van der Waals surface area (Å²) in [5, 5.41) is 17.5. The molecule has 16 heteroatoms. The zero-order valence-electron chi connectivity index (χ0n) is 24.7. The number of carbonyl (C=O) groups excluding carboxylic acids is 5. The van der Waals surface area contributed by atoms with Gasteiger partial charge in [0.2, 0.25) is 29.5 Å². The number of carbonyl (C=O) groups is 6. The average molecular weight is 608 g/mol. The predicted octanol–water partition coefficient (Wildman–Crippen LogP) is -2.14. The molecule has 1 aromatic heterocycles. The molecule has 0 aromatic carbocycles. The topological polar surface area (TPSA) is 269 Å². The predicted molar refractivity (Wildman–Crippen MR) is 155 cm³/mol. The number of hydrogen-bond acceptors (Lipinski definition) is 9. The summed E-state index contributed by atoms with van der Waals surface area (Å²) in [4.78, 5) is 84.1. The fraction of sp³-hybridized carbons (Fsp3) is 0.667. The van der Waals surface area contributed by atoms with Crippen molar-refractivity contribution < 1.29 is 33.9 Å². The number of rotatable bonds is 18. The summed E-state index contributed by atoms with van der Waals surface area (Å²) in [6.07, 6.45) is 4.83. The molecule has 0 saturated carbocycles. The van der Waals surface area contributed by atoms with Crippen molar-refractivity contribution in [1.29, 1.82) is 0 Å². The zero-order chi connectivity index (χ0) is 32.1. The lowest BCUT2D eigenvalue weighted by molar-refractivity contribution is -0.142. The van der Waals surface area contributed by atoms with Gasteiger partial charge in [0.05, 0.1) is 18.8 Å². The first-order valence-electron chi connectivity index (χ1n) is 14.5. The monoisotopic (exact) mass is 607 g/mol. The van der Waals surface area contributed by atoms with E-state index in [1.54, 1.807) is 0 Å².